The van der Waals surface area contributed by atoms with E-state index in [4.69, 9.17) is 10.2 Å². The van der Waals surface area contributed by atoms with Crippen molar-refractivity contribution in [1.82, 2.24) is 14.8 Å². The van der Waals surface area contributed by atoms with Crippen molar-refractivity contribution in [2.24, 2.45) is 5.73 Å². The molecule has 1 amide bonds. The van der Waals surface area contributed by atoms with Gasteiger partial charge in [-0.05, 0) is 51.3 Å². The first-order chi connectivity index (χ1) is 15.0. The van der Waals surface area contributed by atoms with Crippen molar-refractivity contribution in [3.05, 3.63) is 23.8 Å². The number of hydrogen-bond donors (Lipinski definition) is 1. The van der Waals surface area contributed by atoms with E-state index in [0.717, 1.165) is 31.7 Å². The first-order valence-electron chi connectivity index (χ1n) is 12.0. The first-order valence-corrected chi connectivity index (χ1v) is 12.0. The molecule has 7 heteroatoms. The predicted octanol–water partition coefficient (Wildman–Crippen LogP) is 3.23. The summed E-state index contributed by atoms with van der Waals surface area (Å²) < 4.78 is 6.06. The standard InChI is InChI=1S/C24H35N5O2/c1-3-6-18-15-28(24-26-22-20(23(25)30)9-5-10-21(22)31-24)11-12-29(18)19-13-16-7-4-8-17(14-19)27(16)2/h5,9-10,16-19H,3-4,6-8,11-15H2,1-2H3,(H2,25,30)/t16?,17?,18-,19?/m0/s1. The van der Waals surface area contributed by atoms with Crippen LogP contribution in [0.2, 0.25) is 0 Å². The number of carbonyl (C=O) groups is 1. The number of fused-ring (bicyclic) bond motifs is 3. The number of primary amides is 1. The van der Waals surface area contributed by atoms with Gasteiger partial charge in [-0.15, -0.1) is 0 Å². The molecule has 2 aromatic rings. The van der Waals surface area contributed by atoms with E-state index >= 15 is 0 Å². The number of nitrogens with two attached hydrogens (primary N) is 1. The molecule has 168 valence electrons. The number of benzene rings is 1. The molecule has 3 saturated heterocycles. The molecule has 2 N–H and O–H groups in total. The van der Waals surface area contributed by atoms with Crippen molar-refractivity contribution in [2.75, 3.05) is 31.6 Å². The molecular weight excluding hydrogens is 390 g/mol. The van der Waals surface area contributed by atoms with E-state index in [0.29, 0.717) is 34.8 Å². The third kappa shape index (κ3) is 3.82. The maximum absolute atomic E-state index is 11.8. The molecule has 2 bridgehead atoms. The summed E-state index contributed by atoms with van der Waals surface area (Å²) >= 11 is 0. The Kier molecular flexibility index (Phi) is 5.65. The number of aromatic nitrogens is 1. The number of piperazine rings is 1. The average Bonchev–Trinajstić information content (AvgIpc) is 3.18. The minimum atomic E-state index is -0.466. The Morgan fingerprint density at radius 2 is 1.97 bits per heavy atom. The zero-order valence-electron chi connectivity index (χ0n) is 18.8. The Labute approximate surface area is 184 Å². The topological polar surface area (TPSA) is 78.8 Å². The summed E-state index contributed by atoms with van der Waals surface area (Å²) in [7, 11) is 2.33. The van der Waals surface area contributed by atoms with Crippen LogP contribution in [-0.2, 0) is 0 Å². The zero-order valence-corrected chi connectivity index (χ0v) is 18.8. The maximum Gasteiger partial charge on any atom is 0.298 e. The van der Waals surface area contributed by atoms with Crippen LogP contribution in [0.4, 0.5) is 6.01 Å². The molecule has 0 aliphatic carbocycles. The highest BCUT2D eigenvalue weighted by molar-refractivity contribution is 6.03. The predicted molar refractivity (Wildman–Crippen MR) is 122 cm³/mol. The fourth-order valence-corrected chi connectivity index (χ4v) is 6.24. The first kappa shape index (κ1) is 20.8. The normalized spacial score (nSPS) is 30.1. The van der Waals surface area contributed by atoms with Crippen molar-refractivity contribution < 1.29 is 9.21 Å². The van der Waals surface area contributed by atoms with E-state index in [-0.39, 0.29) is 0 Å². The van der Waals surface area contributed by atoms with E-state index < -0.39 is 5.91 Å². The van der Waals surface area contributed by atoms with E-state index in [1.165, 1.54) is 44.9 Å². The third-order valence-electron chi connectivity index (χ3n) is 7.88. The second kappa shape index (κ2) is 8.43. The smallest absolute Gasteiger partial charge is 0.298 e. The lowest BCUT2D eigenvalue weighted by atomic mass is 9.81. The van der Waals surface area contributed by atoms with E-state index in [9.17, 15) is 4.79 Å². The molecule has 1 aromatic carbocycles. The molecule has 0 spiro atoms. The number of anilines is 1. The van der Waals surface area contributed by atoms with Crippen LogP contribution in [0.5, 0.6) is 0 Å². The Morgan fingerprint density at radius 1 is 1.19 bits per heavy atom. The summed E-state index contributed by atoms with van der Waals surface area (Å²) in [6.45, 7) is 5.15. The van der Waals surface area contributed by atoms with Crippen molar-refractivity contribution in [3.63, 3.8) is 0 Å². The van der Waals surface area contributed by atoms with Gasteiger partial charge in [-0.25, -0.2) is 0 Å². The maximum atomic E-state index is 11.8. The Bertz CT molecular complexity index is 929. The highest BCUT2D eigenvalue weighted by atomic mass is 16.4. The Hall–Kier alpha value is -2.12. The number of carbonyl (C=O) groups excluding carboxylic acids is 1. The van der Waals surface area contributed by atoms with Crippen LogP contribution in [-0.4, -0.2) is 71.5 Å². The lowest BCUT2D eigenvalue weighted by Gasteiger charge is -2.53. The number of rotatable bonds is 5. The minimum Gasteiger partial charge on any atom is -0.423 e. The van der Waals surface area contributed by atoms with E-state index in [2.05, 4.69) is 33.7 Å². The summed E-state index contributed by atoms with van der Waals surface area (Å²) in [6, 6.07) is 8.69. The van der Waals surface area contributed by atoms with Gasteiger partial charge in [-0.1, -0.05) is 25.8 Å². The molecule has 1 aromatic heterocycles. The van der Waals surface area contributed by atoms with Crippen molar-refractivity contribution in [1.29, 1.82) is 0 Å². The van der Waals surface area contributed by atoms with Crippen LogP contribution in [0.25, 0.3) is 11.1 Å². The van der Waals surface area contributed by atoms with Gasteiger partial charge in [0.05, 0.1) is 5.56 Å². The molecular formula is C24H35N5O2. The summed E-state index contributed by atoms with van der Waals surface area (Å²) in [6.07, 6.45) is 9.07. The molecule has 31 heavy (non-hydrogen) atoms. The summed E-state index contributed by atoms with van der Waals surface area (Å²) in [5.41, 5.74) is 7.16. The molecule has 4 heterocycles. The number of nitrogens with zero attached hydrogens (tertiary/aromatic N) is 4. The molecule has 5 rings (SSSR count). The highest BCUT2D eigenvalue weighted by Gasteiger charge is 2.41. The van der Waals surface area contributed by atoms with Crippen LogP contribution in [0.15, 0.2) is 22.6 Å². The van der Waals surface area contributed by atoms with Crippen LogP contribution in [0, 0.1) is 0 Å². The number of para-hydroxylation sites is 1. The number of piperidine rings is 2. The molecule has 2 unspecified atom stereocenters. The van der Waals surface area contributed by atoms with Crippen LogP contribution in [0.1, 0.15) is 62.2 Å². The van der Waals surface area contributed by atoms with Gasteiger partial charge in [0, 0.05) is 43.8 Å². The SMILES string of the molecule is CCC[C@H]1CN(c2nc3c(C(N)=O)cccc3o2)CCN1C1CC2CCCC(C1)N2C. The molecule has 3 aliphatic rings. The van der Waals surface area contributed by atoms with Gasteiger partial charge in [-0.3, -0.25) is 9.69 Å². The summed E-state index contributed by atoms with van der Waals surface area (Å²) in [5.74, 6) is -0.466. The van der Waals surface area contributed by atoms with Crippen molar-refractivity contribution in [2.45, 2.75) is 76.0 Å². The highest BCUT2D eigenvalue weighted by Crippen LogP contribution is 2.37. The molecule has 3 aliphatic heterocycles. The van der Waals surface area contributed by atoms with Crippen molar-refractivity contribution >= 4 is 23.0 Å². The second-order valence-corrected chi connectivity index (χ2v) is 9.67. The van der Waals surface area contributed by atoms with Crippen LogP contribution < -0.4 is 10.6 Å². The lowest BCUT2D eigenvalue weighted by molar-refractivity contribution is -0.0105. The van der Waals surface area contributed by atoms with Crippen LogP contribution >= 0.6 is 0 Å². The van der Waals surface area contributed by atoms with Gasteiger partial charge < -0.3 is 20.0 Å². The Morgan fingerprint density at radius 3 is 2.68 bits per heavy atom. The van der Waals surface area contributed by atoms with Gasteiger partial charge in [0.25, 0.3) is 11.9 Å². The second-order valence-electron chi connectivity index (χ2n) is 9.67. The van der Waals surface area contributed by atoms with Crippen LogP contribution in [0.3, 0.4) is 0 Å². The Balaban J connectivity index is 1.35. The summed E-state index contributed by atoms with van der Waals surface area (Å²) in [4.78, 5) is 24.2. The van der Waals surface area contributed by atoms with Crippen molar-refractivity contribution in [3.8, 4) is 0 Å². The fraction of sp³-hybridized carbons (Fsp3) is 0.667. The lowest BCUT2D eigenvalue weighted by Crippen LogP contribution is -2.62. The largest absolute Gasteiger partial charge is 0.423 e. The number of amides is 1. The molecule has 3 atom stereocenters. The minimum absolute atomic E-state index is 0.425. The molecule has 7 nitrogen and oxygen atoms in total. The number of oxazole rings is 1. The fourth-order valence-electron chi connectivity index (χ4n) is 6.24. The number of hydrogen-bond acceptors (Lipinski definition) is 6. The molecule has 0 radical (unpaired) electrons. The van der Waals surface area contributed by atoms with E-state index in [1.54, 1.807) is 12.1 Å². The van der Waals surface area contributed by atoms with Gasteiger partial charge in [-0.2, -0.15) is 4.98 Å². The monoisotopic (exact) mass is 425 g/mol. The molecule has 0 saturated carbocycles. The average molecular weight is 426 g/mol. The quantitative estimate of drug-likeness (QED) is 0.792. The third-order valence-corrected chi connectivity index (χ3v) is 7.88. The van der Waals surface area contributed by atoms with Gasteiger partial charge in [0.15, 0.2) is 5.58 Å². The van der Waals surface area contributed by atoms with Gasteiger partial charge >= 0.3 is 0 Å². The van der Waals surface area contributed by atoms with Gasteiger partial charge in [0.2, 0.25) is 0 Å². The zero-order chi connectivity index (χ0) is 21.5. The molecule has 3 fully saturated rings. The summed E-state index contributed by atoms with van der Waals surface area (Å²) in [5, 5.41) is 0. The van der Waals surface area contributed by atoms with Gasteiger partial charge in [0.1, 0.15) is 5.52 Å². The van der Waals surface area contributed by atoms with E-state index in [1.807, 2.05) is 6.07 Å².